The van der Waals surface area contributed by atoms with Crippen molar-refractivity contribution in [2.24, 2.45) is 5.41 Å². The molecule has 0 aromatic heterocycles. The van der Waals surface area contributed by atoms with Crippen LogP contribution >= 0.6 is 11.6 Å². The first kappa shape index (κ1) is 14.4. The van der Waals surface area contributed by atoms with Crippen molar-refractivity contribution in [1.29, 1.82) is 0 Å². The van der Waals surface area contributed by atoms with Crippen molar-refractivity contribution < 1.29 is 4.74 Å². The van der Waals surface area contributed by atoms with E-state index in [2.05, 4.69) is 24.4 Å². The van der Waals surface area contributed by atoms with E-state index >= 15 is 0 Å². The van der Waals surface area contributed by atoms with E-state index in [1.165, 1.54) is 31.2 Å². The van der Waals surface area contributed by atoms with Gasteiger partial charge in [-0.1, -0.05) is 36.6 Å². The Morgan fingerprint density at radius 2 is 2.15 bits per heavy atom. The Morgan fingerprint density at radius 1 is 1.35 bits per heavy atom. The predicted octanol–water partition coefficient (Wildman–Crippen LogP) is 4.17. The fourth-order valence-corrected chi connectivity index (χ4v) is 4.27. The third-order valence-corrected chi connectivity index (χ3v) is 5.36. The molecule has 2 unspecified atom stereocenters. The lowest BCUT2D eigenvalue weighted by atomic mass is 9.60. The summed E-state index contributed by atoms with van der Waals surface area (Å²) in [6, 6.07) is 8.75. The lowest BCUT2D eigenvalue weighted by Crippen LogP contribution is -2.62. The molecule has 0 radical (unpaired) electrons. The van der Waals surface area contributed by atoms with Crippen LogP contribution in [0.15, 0.2) is 24.3 Å². The Hall–Kier alpha value is -0.570. The zero-order chi connectivity index (χ0) is 14.0. The Kier molecular flexibility index (Phi) is 4.34. The van der Waals surface area contributed by atoms with E-state index < -0.39 is 0 Å². The quantitative estimate of drug-likeness (QED) is 0.880. The molecule has 1 aromatic rings. The van der Waals surface area contributed by atoms with Crippen molar-refractivity contribution in [2.45, 2.75) is 57.7 Å². The van der Waals surface area contributed by atoms with Gasteiger partial charge in [-0.3, -0.25) is 0 Å². The second kappa shape index (κ2) is 6.05. The lowest BCUT2D eigenvalue weighted by Gasteiger charge is -2.54. The third-order valence-electron chi connectivity index (χ3n) is 5.13. The van der Waals surface area contributed by atoms with Gasteiger partial charge in [0.1, 0.15) is 0 Å². The molecule has 2 fully saturated rings. The zero-order valence-corrected chi connectivity index (χ0v) is 13.0. The highest BCUT2D eigenvalue weighted by Crippen LogP contribution is 2.54. The second-order valence-corrected chi connectivity index (χ2v) is 6.62. The van der Waals surface area contributed by atoms with Gasteiger partial charge in [-0.15, -0.1) is 0 Å². The van der Waals surface area contributed by atoms with Crippen LogP contribution in [0, 0.1) is 5.41 Å². The Labute approximate surface area is 126 Å². The molecular formula is C17H24ClNO. The number of benzene rings is 1. The van der Waals surface area contributed by atoms with Crippen LogP contribution < -0.4 is 5.32 Å². The molecule has 3 rings (SSSR count). The summed E-state index contributed by atoms with van der Waals surface area (Å²) in [5.74, 6) is 0. The van der Waals surface area contributed by atoms with Gasteiger partial charge in [-0.2, -0.15) is 0 Å². The molecular weight excluding hydrogens is 270 g/mol. The molecule has 0 saturated heterocycles. The molecule has 2 atom stereocenters. The van der Waals surface area contributed by atoms with Crippen molar-refractivity contribution in [3.05, 3.63) is 34.9 Å². The smallest absolute Gasteiger partial charge is 0.0661 e. The first-order valence-electron chi connectivity index (χ1n) is 7.84. The number of nitrogens with one attached hydrogen (secondary N) is 1. The molecule has 2 nitrogen and oxygen atoms in total. The largest absolute Gasteiger partial charge is 0.378 e. The van der Waals surface area contributed by atoms with Gasteiger partial charge < -0.3 is 10.1 Å². The van der Waals surface area contributed by atoms with Gasteiger partial charge in [-0.25, -0.2) is 0 Å². The van der Waals surface area contributed by atoms with E-state index in [4.69, 9.17) is 16.3 Å². The van der Waals surface area contributed by atoms with Crippen LogP contribution in [0.25, 0.3) is 0 Å². The summed E-state index contributed by atoms with van der Waals surface area (Å²) in [6.45, 7) is 3.86. The van der Waals surface area contributed by atoms with E-state index in [0.717, 1.165) is 24.6 Å². The normalized spacial score (nSPS) is 27.7. The molecule has 2 aliphatic carbocycles. The molecule has 2 saturated carbocycles. The predicted molar refractivity (Wildman–Crippen MR) is 83.0 cm³/mol. The minimum atomic E-state index is 0.411. The second-order valence-electron chi connectivity index (χ2n) is 6.18. The fraction of sp³-hybridized carbons (Fsp3) is 0.647. The molecule has 3 heteroatoms. The standard InChI is InChI=1S/C17H24ClNO/c1-2-20-16-11-15(17(16)8-3-4-9-17)19-12-13-6-5-7-14(18)10-13/h5-7,10,15-16,19H,2-4,8-9,11-12H2,1H3. The summed E-state index contributed by atoms with van der Waals surface area (Å²) in [5, 5.41) is 4.57. The van der Waals surface area contributed by atoms with Crippen LogP contribution in [0.5, 0.6) is 0 Å². The van der Waals surface area contributed by atoms with Crippen molar-refractivity contribution in [3.63, 3.8) is 0 Å². The highest BCUT2D eigenvalue weighted by Gasteiger charge is 2.56. The van der Waals surface area contributed by atoms with Crippen LogP contribution in [0.1, 0.15) is 44.6 Å². The van der Waals surface area contributed by atoms with Gasteiger partial charge in [0.05, 0.1) is 6.10 Å². The van der Waals surface area contributed by atoms with Gasteiger partial charge in [0, 0.05) is 29.6 Å². The molecule has 1 aromatic carbocycles. The minimum Gasteiger partial charge on any atom is -0.378 e. The molecule has 1 N–H and O–H groups in total. The van der Waals surface area contributed by atoms with Crippen molar-refractivity contribution in [2.75, 3.05) is 6.61 Å². The summed E-state index contributed by atoms with van der Waals surface area (Å²) in [6.07, 6.45) is 7.01. The first-order chi connectivity index (χ1) is 9.74. The van der Waals surface area contributed by atoms with Gasteiger partial charge in [0.15, 0.2) is 0 Å². The molecule has 0 bridgehead atoms. The summed E-state index contributed by atoms with van der Waals surface area (Å²) in [4.78, 5) is 0. The maximum absolute atomic E-state index is 6.05. The zero-order valence-electron chi connectivity index (χ0n) is 12.2. The van der Waals surface area contributed by atoms with Gasteiger partial charge >= 0.3 is 0 Å². The van der Waals surface area contributed by atoms with Gasteiger partial charge in [0.25, 0.3) is 0 Å². The highest BCUT2D eigenvalue weighted by molar-refractivity contribution is 6.30. The van der Waals surface area contributed by atoms with Crippen LogP contribution in [0.3, 0.4) is 0 Å². The minimum absolute atomic E-state index is 0.411. The van der Waals surface area contributed by atoms with E-state index in [1.807, 2.05) is 12.1 Å². The number of halogens is 1. The number of hydrogen-bond acceptors (Lipinski definition) is 2. The maximum Gasteiger partial charge on any atom is 0.0661 e. The van der Waals surface area contributed by atoms with Crippen molar-refractivity contribution in [3.8, 4) is 0 Å². The van der Waals surface area contributed by atoms with Crippen LogP contribution in [-0.2, 0) is 11.3 Å². The van der Waals surface area contributed by atoms with Gasteiger partial charge in [-0.05, 0) is 43.9 Å². The molecule has 0 aliphatic heterocycles. The van der Waals surface area contributed by atoms with E-state index in [-0.39, 0.29) is 0 Å². The molecule has 1 spiro atoms. The Morgan fingerprint density at radius 3 is 2.85 bits per heavy atom. The average Bonchev–Trinajstić information content (AvgIpc) is 2.94. The third kappa shape index (κ3) is 2.61. The summed E-state index contributed by atoms with van der Waals surface area (Å²) in [7, 11) is 0. The summed E-state index contributed by atoms with van der Waals surface area (Å²) < 4.78 is 5.96. The van der Waals surface area contributed by atoms with Crippen molar-refractivity contribution >= 4 is 11.6 Å². The fourth-order valence-electron chi connectivity index (χ4n) is 4.06. The maximum atomic E-state index is 6.05. The summed E-state index contributed by atoms with van der Waals surface area (Å²) >= 11 is 6.05. The Balaban J connectivity index is 1.60. The number of rotatable bonds is 5. The number of hydrogen-bond donors (Lipinski definition) is 1. The SMILES string of the molecule is CCOC1CC(NCc2cccc(Cl)c2)C12CCCC2. The summed E-state index contributed by atoms with van der Waals surface area (Å²) in [5.41, 5.74) is 1.68. The van der Waals surface area contributed by atoms with E-state index in [1.54, 1.807) is 0 Å². The first-order valence-corrected chi connectivity index (χ1v) is 8.22. The van der Waals surface area contributed by atoms with Crippen LogP contribution in [0.2, 0.25) is 5.02 Å². The van der Waals surface area contributed by atoms with Gasteiger partial charge in [0.2, 0.25) is 0 Å². The monoisotopic (exact) mass is 293 g/mol. The van der Waals surface area contributed by atoms with Crippen molar-refractivity contribution in [1.82, 2.24) is 5.32 Å². The molecule has 0 amide bonds. The topological polar surface area (TPSA) is 21.3 Å². The molecule has 110 valence electrons. The average molecular weight is 294 g/mol. The molecule has 20 heavy (non-hydrogen) atoms. The molecule has 2 aliphatic rings. The van der Waals surface area contributed by atoms with E-state index in [0.29, 0.717) is 17.6 Å². The molecule has 0 heterocycles. The van der Waals surface area contributed by atoms with Crippen LogP contribution in [0.4, 0.5) is 0 Å². The van der Waals surface area contributed by atoms with Crippen LogP contribution in [-0.4, -0.2) is 18.8 Å². The number of ether oxygens (including phenoxy) is 1. The lowest BCUT2D eigenvalue weighted by molar-refractivity contribution is -0.130. The van der Waals surface area contributed by atoms with E-state index in [9.17, 15) is 0 Å². The Bertz CT molecular complexity index is 456. The highest BCUT2D eigenvalue weighted by atomic mass is 35.5.